The highest BCUT2D eigenvalue weighted by Crippen LogP contribution is 2.27. The van der Waals surface area contributed by atoms with Gasteiger partial charge in [0.15, 0.2) is 0 Å². The van der Waals surface area contributed by atoms with Gasteiger partial charge in [-0.15, -0.1) is 13.2 Å². The minimum atomic E-state index is -4.70. The topological polar surface area (TPSA) is 25.4 Å². The summed E-state index contributed by atoms with van der Waals surface area (Å²) in [7, 11) is 1.79. The maximum atomic E-state index is 12.2. The number of ether oxygens (including phenoxy) is 1. The third kappa shape index (κ3) is 3.64. The van der Waals surface area contributed by atoms with Gasteiger partial charge in [-0.3, -0.25) is 0 Å². The fourth-order valence-electron chi connectivity index (χ4n) is 2.50. The summed E-state index contributed by atoms with van der Waals surface area (Å²) in [5.41, 5.74) is 0.688. The highest BCUT2D eigenvalue weighted by atomic mass is 35.5. The molecule has 7 heteroatoms. The van der Waals surface area contributed by atoms with Crippen LogP contribution < -0.4 is 20.2 Å². The van der Waals surface area contributed by atoms with Crippen LogP contribution in [0, 0.1) is 0 Å². The van der Waals surface area contributed by atoms with Crippen molar-refractivity contribution in [3.05, 3.63) is 47.0 Å². The first-order chi connectivity index (χ1) is 11.3. The van der Waals surface area contributed by atoms with E-state index in [1.807, 2.05) is 12.1 Å². The molecule has 0 unspecified atom stereocenters. The molecular weight excluding hydrogens is 341 g/mol. The maximum Gasteiger partial charge on any atom is 0.573 e. The first-order valence-corrected chi connectivity index (χ1v) is 7.67. The Labute approximate surface area is 141 Å². The van der Waals surface area contributed by atoms with E-state index in [0.29, 0.717) is 11.5 Å². The Hall–Kier alpha value is -2.21. The molecule has 1 aliphatic carbocycles. The second-order valence-electron chi connectivity index (χ2n) is 5.36. The van der Waals surface area contributed by atoms with E-state index in [2.05, 4.69) is 15.8 Å². The maximum absolute atomic E-state index is 12.2. The van der Waals surface area contributed by atoms with E-state index in [1.54, 1.807) is 24.1 Å². The van der Waals surface area contributed by atoms with Gasteiger partial charge >= 0.3 is 6.36 Å². The molecule has 1 aliphatic rings. The average molecular weight is 355 g/mol. The Morgan fingerprint density at radius 1 is 1.12 bits per heavy atom. The van der Waals surface area contributed by atoms with Crippen LogP contribution in [0.3, 0.4) is 0 Å². The number of aromatic nitrogens is 1. The van der Waals surface area contributed by atoms with Gasteiger partial charge in [-0.25, -0.2) is 4.98 Å². The highest BCUT2D eigenvalue weighted by Gasteiger charge is 2.31. The number of alkyl halides is 3. The number of rotatable bonds is 3. The molecule has 24 heavy (non-hydrogen) atoms. The smallest absolute Gasteiger partial charge is 0.406 e. The number of fused-ring (bicyclic) bond motifs is 1. The molecule has 0 spiro atoms. The predicted octanol–water partition coefficient (Wildman–Crippen LogP) is 3.67. The van der Waals surface area contributed by atoms with Crippen molar-refractivity contribution in [3.63, 3.8) is 0 Å². The zero-order chi connectivity index (χ0) is 17.3. The second-order valence-corrected chi connectivity index (χ2v) is 5.81. The Balaban J connectivity index is 1.89. The molecule has 0 saturated carbocycles. The lowest BCUT2D eigenvalue weighted by molar-refractivity contribution is -0.274. The molecule has 1 heterocycles. The summed E-state index contributed by atoms with van der Waals surface area (Å²) in [6, 6.07) is 9.41. The van der Waals surface area contributed by atoms with Crippen LogP contribution in [0.5, 0.6) is 5.75 Å². The molecule has 0 N–H and O–H groups in total. The molecular formula is C17H14ClF3N2O. The molecule has 0 atom stereocenters. The van der Waals surface area contributed by atoms with Gasteiger partial charge in [-0.2, -0.15) is 0 Å². The number of halogens is 4. The van der Waals surface area contributed by atoms with Gasteiger partial charge < -0.3 is 9.64 Å². The normalized spacial score (nSPS) is 14.0. The molecule has 0 bridgehead atoms. The molecule has 1 aromatic carbocycles. The van der Waals surface area contributed by atoms with Gasteiger partial charge in [0, 0.05) is 17.8 Å². The lowest BCUT2D eigenvalue weighted by Gasteiger charge is -2.19. The average Bonchev–Trinajstić information content (AvgIpc) is 2.53. The minimum absolute atomic E-state index is 0.260. The van der Waals surface area contributed by atoms with Crippen LogP contribution in [-0.4, -0.2) is 18.4 Å². The lowest BCUT2D eigenvalue weighted by Crippen LogP contribution is -2.33. The Bertz CT molecular complexity index is 863. The number of pyridine rings is 1. The summed E-state index contributed by atoms with van der Waals surface area (Å²) in [4.78, 5) is 6.34. The summed E-state index contributed by atoms with van der Waals surface area (Å²) in [5.74, 6) is 0.399. The minimum Gasteiger partial charge on any atom is -0.406 e. The van der Waals surface area contributed by atoms with Gasteiger partial charge in [0.05, 0.1) is 5.35 Å². The monoisotopic (exact) mass is 354 g/mol. The van der Waals surface area contributed by atoms with Crippen molar-refractivity contribution >= 4 is 34.2 Å². The van der Waals surface area contributed by atoms with Crippen molar-refractivity contribution in [1.29, 1.82) is 0 Å². The van der Waals surface area contributed by atoms with Crippen molar-refractivity contribution in [2.24, 2.45) is 0 Å². The number of hydrogen-bond acceptors (Lipinski definition) is 3. The Morgan fingerprint density at radius 2 is 1.83 bits per heavy atom. The molecule has 0 radical (unpaired) electrons. The third-order valence-corrected chi connectivity index (χ3v) is 4.07. The number of hydrogen-bond donors (Lipinski definition) is 0. The van der Waals surface area contributed by atoms with E-state index in [4.69, 9.17) is 11.6 Å². The summed E-state index contributed by atoms with van der Waals surface area (Å²) in [5, 5.41) is 2.47. The predicted molar refractivity (Wildman–Crippen MR) is 87.6 cm³/mol. The van der Waals surface area contributed by atoms with Gasteiger partial charge in [0.1, 0.15) is 11.6 Å². The first kappa shape index (κ1) is 16.6. The molecule has 126 valence electrons. The molecule has 2 aromatic rings. The van der Waals surface area contributed by atoms with Gasteiger partial charge in [0.25, 0.3) is 0 Å². The fourth-order valence-corrected chi connectivity index (χ4v) is 2.77. The van der Waals surface area contributed by atoms with E-state index >= 15 is 0 Å². The van der Waals surface area contributed by atoms with Gasteiger partial charge in [0.2, 0.25) is 0 Å². The molecule has 3 rings (SSSR count). The largest absolute Gasteiger partial charge is 0.573 e. The third-order valence-electron chi connectivity index (χ3n) is 3.70. The van der Waals surface area contributed by atoms with Crippen molar-refractivity contribution < 1.29 is 17.9 Å². The fraction of sp³-hybridized carbons (Fsp3) is 0.235. The van der Waals surface area contributed by atoms with Crippen LogP contribution in [0.4, 0.5) is 24.7 Å². The summed E-state index contributed by atoms with van der Waals surface area (Å²) >= 11 is 6.24. The summed E-state index contributed by atoms with van der Waals surface area (Å²) in [6.07, 6.45) is -0.959. The van der Waals surface area contributed by atoms with E-state index in [9.17, 15) is 13.2 Å². The second kappa shape index (κ2) is 6.36. The SMILES string of the molecule is CN(c1ccc(OC(F)(F)F)cc1)c1ccc2c(n1)=C(Cl)CCC=2. The van der Waals surface area contributed by atoms with Crippen molar-refractivity contribution in [3.8, 4) is 5.75 Å². The van der Waals surface area contributed by atoms with Gasteiger partial charge in [-0.1, -0.05) is 17.7 Å². The summed E-state index contributed by atoms with van der Waals surface area (Å²) < 4.78 is 40.5. The van der Waals surface area contributed by atoms with E-state index < -0.39 is 6.36 Å². The lowest BCUT2D eigenvalue weighted by atomic mass is 10.1. The molecule has 0 fully saturated rings. The Kier molecular flexibility index (Phi) is 4.41. The zero-order valence-corrected chi connectivity index (χ0v) is 13.5. The van der Waals surface area contributed by atoms with Crippen molar-refractivity contribution in [2.45, 2.75) is 19.2 Å². The van der Waals surface area contributed by atoms with E-state index in [0.717, 1.165) is 28.4 Å². The zero-order valence-electron chi connectivity index (χ0n) is 12.8. The first-order valence-electron chi connectivity index (χ1n) is 7.29. The number of anilines is 2. The molecule has 0 amide bonds. The quantitative estimate of drug-likeness (QED) is 0.841. The van der Waals surface area contributed by atoms with E-state index in [1.165, 1.54) is 12.1 Å². The van der Waals surface area contributed by atoms with Crippen molar-refractivity contribution in [1.82, 2.24) is 4.98 Å². The van der Waals surface area contributed by atoms with Crippen LogP contribution in [0.1, 0.15) is 12.8 Å². The standard InChI is InChI=1S/C17H14ClF3N2O/c1-23(12-6-8-13(9-7-12)24-17(19,20)21)15-10-5-11-3-2-4-14(18)16(11)22-15/h3,5-10H,2,4H2,1H3. The molecule has 0 saturated heterocycles. The summed E-state index contributed by atoms with van der Waals surface area (Å²) in [6.45, 7) is 0. The van der Waals surface area contributed by atoms with Crippen molar-refractivity contribution in [2.75, 3.05) is 11.9 Å². The van der Waals surface area contributed by atoms with E-state index in [-0.39, 0.29) is 5.75 Å². The van der Waals surface area contributed by atoms with Crippen LogP contribution in [-0.2, 0) is 0 Å². The number of nitrogens with zero attached hydrogens (tertiary/aromatic N) is 2. The van der Waals surface area contributed by atoms with Crippen LogP contribution >= 0.6 is 11.6 Å². The van der Waals surface area contributed by atoms with Crippen LogP contribution in [0.25, 0.3) is 11.1 Å². The van der Waals surface area contributed by atoms with Crippen LogP contribution in [0.15, 0.2) is 36.4 Å². The van der Waals surface area contributed by atoms with Gasteiger partial charge in [-0.05, 0) is 54.5 Å². The van der Waals surface area contributed by atoms with Crippen LogP contribution in [0.2, 0.25) is 0 Å². The number of benzene rings is 1. The molecule has 3 nitrogen and oxygen atoms in total. The highest BCUT2D eigenvalue weighted by molar-refractivity contribution is 6.45. The molecule has 0 aliphatic heterocycles. The molecule has 1 aromatic heterocycles. The Morgan fingerprint density at radius 3 is 2.50 bits per heavy atom.